The first-order valence-corrected chi connectivity index (χ1v) is 9.56. The van der Waals surface area contributed by atoms with E-state index >= 15 is 0 Å². The lowest BCUT2D eigenvalue weighted by molar-refractivity contribution is -0.149. The molecule has 27 heavy (non-hydrogen) atoms. The Morgan fingerprint density at radius 3 is 2.44 bits per heavy atom. The first-order valence-electron chi connectivity index (χ1n) is 9.56. The fourth-order valence-corrected chi connectivity index (χ4v) is 3.15. The van der Waals surface area contributed by atoms with Gasteiger partial charge in [-0.15, -0.1) is 0 Å². The lowest BCUT2D eigenvalue weighted by atomic mass is 9.71. The molecule has 6 heteroatoms. The smallest absolute Gasteiger partial charge is 0.408 e. The summed E-state index contributed by atoms with van der Waals surface area (Å²) in [4.78, 5) is 24.3. The van der Waals surface area contributed by atoms with Crippen molar-refractivity contribution in [3.8, 4) is 0 Å². The summed E-state index contributed by atoms with van der Waals surface area (Å²) in [6.45, 7) is 8.62. The Labute approximate surface area is 161 Å². The number of rotatable bonds is 8. The topological polar surface area (TPSA) is 73.9 Å². The Kier molecular flexibility index (Phi) is 7.66. The highest BCUT2D eigenvalue weighted by atomic mass is 16.6. The minimum Gasteiger partial charge on any atom is -0.464 e. The molecule has 1 fully saturated rings. The average molecular weight is 377 g/mol. The summed E-state index contributed by atoms with van der Waals surface area (Å²) in [6.07, 6.45) is 1.03. The highest BCUT2D eigenvalue weighted by molar-refractivity contribution is 5.82. The first kappa shape index (κ1) is 21.2. The van der Waals surface area contributed by atoms with Crippen LogP contribution in [0.1, 0.15) is 46.1 Å². The normalized spacial score (nSPS) is 20.3. The predicted molar refractivity (Wildman–Crippen MR) is 102 cm³/mol. The summed E-state index contributed by atoms with van der Waals surface area (Å²) in [5.41, 5.74) is 0.529. The molecule has 0 heterocycles. The van der Waals surface area contributed by atoms with Crippen LogP contribution in [0.15, 0.2) is 30.3 Å². The molecule has 0 spiro atoms. The number of ether oxygens (including phenoxy) is 3. The molecule has 0 unspecified atom stereocenters. The van der Waals surface area contributed by atoms with Crippen molar-refractivity contribution in [2.45, 2.75) is 58.8 Å². The SMILES string of the molecule is CCOC(=O)[C@H](NC(=O)OC(C)(C)C)C1CC(COCc2ccccc2)C1. The van der Waals surface area contributed by atoms with Crippen LogP contribution < -0.4 is 5.32 Å². The van der Waals surface area contributed by atoms with E-state index in [1.165, 1.54) is 0 Å². The Hall–Kier alpha value is -2.08. The highest BCUT2D eigenvalue weighted by Crippen LogP contribution is 2.37. The van der Waals surface area contributed by atoms with Gasteiger partial charge in [-0.1, -0.05) is 30.3 Å². The fourth-order valence-electron chi connectivity index (χ4n) is 3.15. The van der Waals surface area contributed by atoms with E-state index in [0.717, 1.165) is 18.4 Å². The maximum atomic E-state index is 12.3. The maximum Gasteiger partial charge on any atom is 0.408 e. The van der Waals surface area contributed by atoms with Crippen LogP contribution in [0, 0.1) is 11.8 Å². The van der Waals surface area contributed by atoms with Crippen molar-refractivity contribution in [2.75, 3.05) is 13.2 Å². The van der Waals surface area contributed by atoms with Crippen molar-refractivity contribution >= 4 is 12.1 Å². The van der Waals surface area contributed by atoms with Gasteiger partial charge in [0.2, 0.25) is 0 Å². The second-order valence-corrected chi connectivity index (χ2v) is 7.97. The number of carbonyl (C=O) groups excluding carboxylic acids is 2. The standard InChI is InChI=1S/C21H31NO5/c1-5-26-19(23)18(22-20(24)27-21(2,3)4)17-11-16(12-17)14-25-13-15-9-7-6-8-10-15/h6-10,16-18H,5,11-14H2,1-4H3,(H,22,24)/t16?,17?,18-/m1/s1. The molecule has 0 saturated heterocycles. The summed E-state index contributed by atoms with van der Waals surface area (Å²) < 4.78 is 16.2. The molecule has 1 aliphatic carbocycles. The second kappa shape index (κ2) is 9.74. The summed E-state index contributed by atoms with van der Waals surface area (Å²) in [5.74, 6) is 0.0231. The number of amides is 1. The van der Waals surface area contributed by atoms with Crippen molar-refractivity contribution in [3.05, 3.63) is 35.9 Å². The highest BCUT2D eigenvalue weighted by Gasteiger charge is 2.41. The average Bonchev–Trinajstić information content (AvgIpc) is 2.55. The summed E-state index contributed by atoms with van der Waals surface area (Å²) in [5, 5.41) is 2.69. The molecule has 0 bridgehead atoms. The van der Waals surface area contributed by atoms with Crippen LogP contribution in [0.3, 0.4) is 0 Å². The van der Waals surface area contributed by atoms with Crippen LogP contribution in [0.25, 0.3) is 0 Å². The van der Waals surface area contributed by atoms with Crippen molar-refractivity contribution < 1.29 is 23.8 Å². The van der Waals surface area contributed by atoms with Gasteiger partial charge in [0.15, 0.2) is 0 Å². The van der Waals surface area contributed by atoms with E-state index in [9.17, 15) is 9.59 Å². The molecule has 150 valence electrons. The molecule has 6 nitrogen and oxygen atoms in total. The predicted octanol–water partition coefficient (Wildman–Crippen LogP) is 3.69. The van der Waals surface area contributed by atoms with Gasteiger partial charge >= 0.3 is 12.1 Å². The molecule has 1 amide bonds. The second-order valence-electron chi connectivity index (χ2n) is 7.97. The van der Waals surface area contributed by atoms with E-state index in [2.05, 4.69) is 5.32 Å². The van der Waals surface area contributed by atoms with E-state index in [1.807, 2.05) is 30.3 Å². The number of alkyl carbamates (subject to hydrolysis) is 1. The van der Waals surface area contributed by atoms with Crippen molar-refractivity contribution in [2.24, 2.45) is 11.8 Å². The van der Waals surface area contributed by atoms with E-state index < -0.39 is 23.7 Å². The third kappa shape index (κ3) is 7.21. The molecule has 1 aromatic rings. The van der Waals surface area contributed by atoms with Crippen LogP contribution in [0.4, 0.5) is 4.79 Å². The van der Waals surface area contributed by atoms with Crippen LogP contribution in [0.2, 0.25) is 0 Å². The van der Waals surface area contributed by atoms with Crippen LogP contribution >= 0.6 is 0 Å². The van der Waals surface area contributed by atoms with Gasteiger partial charge in [0.25, 0.3) is 0 Å². The number of nitrogens with one attached hydrogen (secondary N) is 1. The van der Waals surface area contributed by atoms with Crippen LogP contribution in [0.5, 0.6) is 0 Å². The molecule has 1 atom stereocenters. The largest absolute Gasteiger partial charge is 0.464 e. The zero-order chi connectivity index (χ0) is 19.9. The van der Waals surface area contributed by atoms with Gasteiger partial charge in [0.05, 0.1) is 13.2 Å². The molecular weight excluding hydrogens is 346 g/mol. The molecule has 1 aromatic carbocycles. The lowest BCUT2D eigenvalue weighted by Gasteiger charge is -2.39. The van der Waals surface area contributed by atoms with Gasteiger partial charge in [-0.2, -0.15) is 0 Å². The third-order valence-electron chi connectivity index (χ3n) is 4.42. The number of carbonyl (C=O) groups is 2. The minimum absolute atomic E-state index is 0.0434. The number of benzene rings is 1. The molecule has 0 aromatic heterocycles. The van der Waals surface area contributed by atoms with Gasteiger partial charge in [-0.25, -0.2) is 9.59 Å². The van der Waals surface area contributed by atoms with Crippen molar-refractivity contribution in [1.29, 1.82) is 0 Å². The molecule has 2 rings (SSSR count). The Balaban J connectivity index is 1.79. The van der Waals surface area contributed by atoms with Crippen molar-refractivity contribution in [1.82, 2.24) is 5.32 Å². The van der Waals surface area contributed by atoms with E-state index in [4.69, 9.17) is 14.2 Å². The van der Waals surface area contributed by atoms with Gasteiger partial charge in [-0.3, -0.25) is 0 Å². The summed E-state index contributed by atoms with van der Waals surface area (Å²) in [6, 6.07) is 9.35. The molecule has 0 aliphatic heterocycles. The van der Waals surface area contributed by atoms with E-state index in [-0.39, 0.29) is 12.5 Å². The van der Waals surface area contributed by atoms with Gasteiger partial charge < -0.3 is 19.5 Å². The van der Waals surface area contributed by atoms with Gasteiger partial charge in [-0.05, 0) is 57.9 Å². The zero-order valence-electron chi connectivity index (χ0n) is 16.7. The van der Waals surface area contributed by atoms with E-state index in [1.54, 1.807) is 27.7 Å². The fraction of sp³-hybridized carbons (Fsp3) is 0.619. The first-order chi connectivity index (χ1) is 12.8. The number of hydrogen-bond donors (Lipinski definition) is 1. The molecule has 1 aliphatic rings. The molecular formula is C21H31NO5. The molecule has 1 N–H and O–H groups in total. The quantitative estimate of drug-likeness (QED) is 0.700. The summed E-state index contributed by atoms with van der Waals surface area (Å²) in [7, 11) is 0. The van der Waals surface area contributed by atoms with E-state index in [0.29, 0.717) is 19.1 Å². The minimum atomic E-state index is -0.676. The Morgan fingerprint density at radius 2 is 1.85 bits per heavy atom. The third-order valence-corrected chi connectivity index (χ3v) is 4.42. The van der Waals surface area contributed by atoms with Gasteiger partial charge in [0, 0.05) is 6.61 Å². The molecule has 1 saturated carbocycles. The van der Waals surface area contributed by atoms with Crippen LogP contribution in [-0.4, -0.2) is 36.9 Å². The Morgan fingerprint density at radius 1 is 1.19 bits per heavy atom. The van der Waals surface area contributed by atoms with Gasteiger partial charge in [0.1, 0.15) is 11.6 Å². The maximum absolute atomic E-state index is 12.3. The summed E-state index contributed by atoms with van der Waals surface area (Å²) >= 11 is 0. The Bertz CT molecular complexity index is 605. The number of esters is 1. The lowest BCUT2D eigenvalue weighted by Crippen LogP contribution is -2.52. The molecule has 0 radical (unpaired) electrons. The van der Waals surface area contributed by atoms with Crippen LogP contribution in [-0.2, 0) is 25.6 Å². The monoisotopic (exact) mass is 377 g/mol. The zero-order valence-corrected chi connectivity index (χ0v) is 16.7. The number of hydrogen-bond acceptors (Lipinski definition) is 5. The van der Waals surface area contributed by atoms with Crippen molar-refractivity contribution in [3.63, 3.8) is 0 Å².